The number of fused-ring (bicyclic) bond motifs is 1. The molecule has 122 valence electrons. The van der Waals surface area contributed by atoms with E-state index in [0.29, 0.717) is 17.4 Å². The van der Waals surface area contributed by atoms with E-state index in [1.54, 1.807) is 34.9 Å². The van der Waals surface area contributed by atoms with Crippen LogP contribution >= 0.6 is 0 Å². The first kappa shape index (κ1) is 15.1. The third-order valence-electron chi connectivity index (χ3n) is 4.85. The van der Waals surface area contributed by atoms with E-state index in [1.165, 1.54) is 0 Å². The summed E-state index contributed by atoms with van der Waals surface area (Å²) in [7, 11) is -3.50. The highest BCUT2D eigenvalue weighted by Gasteiger charge is 2.41. The van der Waals surface area contributed by atoms with Gasteiger partial charge in [-0.2, -0.15) is 4.31 Å². The maximum Gasteiger partial charge on any atom is 0.243 e. The molecule has 2 fully saturated rings. The highest BCUT2D eigenvalue weighted by Crippen LogP contribution is 2.38. The van der Waals surface area contributed by atoms with E-state index in [1.807, 2.05) is 6.07 Å². The highest BCUT2D eigenvalue weighted by molar-refractivity contribution is 7.89. The Bertz CT molecular complexity index is 812. The van der Waals surface area contributed by atoms with Crippen LogP contribution in [0.3, 0.4) is 0 Å². The van der Waals surface area contributed by atoms with Gasteiger partial charge in [-0.05, 0) is 43.9 Å². The summed E-state index contributed by atoms with van der Waals surface area (Å²) in [6, 6.07) is 7.31. The Morgan fingerprint density at radius 1 is 1.22 bits per heavy atom. The highest BCUT2D eigenvalue weighted by atomic mass is 32.2. The van der Waals surface area contributed by atoms with Crippen molar-refractivity contribution in [1.82, 2.24) is 14.6 Å². The van der Waals surface area contributed by atoms with Crippen LogP contribution in [0.2, 0.25) is 0 Å². The fraction of sp³-hybridized carbons (Fsp3) is 0.471. The van der Waals surface area contributed by atoms with Crippen molar-refractivity contribution in [3.8, 4) is 0 Å². The molecule has 0 radical (unpaired) electrons. The van der Waals surface area contributed by atoms with Crippen molar-refractivity contribution in [1.29, 1.82) is 0 Å². The zero-order chi connectivity index (χ0) is 15.9. The molecule has 1 saturated carbocycles. The minimum Gasteiger partial charge on any atom is -0.315 e. The van der Waals surface area contributed by atoms with Gasteiger partial charge in [-0.1, -0.05) is 12.1 Å². The van der Waals surface area contributed by atoms with Crippen molar-refractivity contribution in [2.75, 3.05) is 19.6 Å². The number of hydrogen-bond acceptors (Lipinski definition) is 4. The zero-order valence-electron chi connectivity index (χ0n) is 13.0. The molecule has 2 heterocycles. The van der Waals surface area contributed by atoms with E-state index >= 15 is 0 Å². The standard InChI is InChI=1S/C17H21N3O2S/c21-23(22,17-4-1-3-14-11-19-9-7-15(14)17)20-10-2-8-18-12-16(20)13-5-6-13/h1,3-4,7,9,11,13,16,18H,2,5-6,8,10,12H2. The summed E-state index contributed by atoms with van der Waals surface area (Å²) in [5, 5.41) is 5.02. The molecule has 1 aliphatic heterocycles. The molecule has 5 nitrogen and oxygen atoms in total. The molecule has 1 aromatic carbocycles. The quantitative estimate of drug-likeness (QED) is 0.934. The molecule has 1 aromatic heterocycles. The van der Waals surface area contributed by atoms with Crippen molar-refractivity contribution < 1.29 is 8.42 Å². The second-order valence-corrected chi connectivity index (χ2v) is 8.29. The van der Waals surface area contributed by atoms with Gasteiger partial charge in [-0.15, -0.1) is 0 Å². The molecule has 1 atom stereocenters. The lowest BCUT2D eigenvalue weighted by Gasteiger charge is -2.29. The molecule has 1 unspecified atom stereocenters. The molecule has 1 saturated heterocycles. The summed E-state index contributed by atoms with van der Waals surface area (Å²) < 4.78 is 28.5. The van der Waals surface area contributed by atoms with Crippen LogP contribution in [0.1, 0.15) is 19.3 Å². The van der Waals surface area contributed by atoms with Gasteiger partial charge >= 0.3 is 0 Å². The maximum atomic E-state index is 13.4. The van der Waals surface area contributed by atoms with E-state index in [-0.39, 0.29) is 6.04 Å². The van der Waals surface area contributed by atoms with Crippen LogP contribution in [-0.4, -0.2) is 43.4 Å². The summed E-state index contributed by atoms with van der Waals surface area (Å²) in [5.41, 5.74) is 0. The molecule has 23 heavy (non-hydrogen) atoms. The molecule has 4 rings (SSSR count). The van der Waals surface area contributed by atoms with Crippen LogP contribution in [0.25, 0.3) is 10.8 Å². The number of nitrogens with zero attached hydrogens (tertiary/aromatic N) is 2. The van der Waals surface area contributed by atoms with Crippen molar-refractivity contribution >= 4 is 20.8 Å². The lowest BCUT2D eigenvalue weighted by molar-refractivity contribution is 0.306. The summed E-state index contributed by atoms with van der Waals surface area (Å²) in [6.45, 7) is 2.24. The first-order chi connectivity index (χ1) is 11.2. The Morgan fingerprint density at radius 2 is 2.09 bits per heavy atom. The number of hydrogen-bond donors (Lipinski definition) is 1. The van der Waals surface area contributed by atoms with Crippen LogP contribution in [0, 0.1) is 5.92 Å². The van der Waals surface area contributed by atoms with Crippen LogP contribution in [0.4, 0.5) is 0 Å². The molecular formula is C17H21N3O2S. The van der Waals surface area contributed by atoms with Gasteiger partial charge in [0.2, 0.25) is 10.0 Å². The molecule has 0 spiro atoms. The van der Waals surface area contributed by atoms with E-state index < -0.39 is 10.0 Å². The molecule has 2 aliphatic rings. The topological polar surface area (TPSA) is 62.3 Å². The molecule has 0 bridgehead atoms. The van der Waals surface area contributed by atoms with Gasteiger partial charge < -0.3 is 5.32 Å². The largest absolute Gasteiger partial charge is 0.315 e. The van der Waals surface area contributed by atoms with Crippen LogP contribution < -0.4 is 5.32 Å². The molecular weight excluding hydrogens is 310 g/mol. The van der Waals surface area contributed by atoms with Gasteiger partial charge in [0.15, 0.2) is 0 Å². The Hall–Kier alpha value is -1.50. The molecule has 1 N–H and O–H groups in total. The lowest BCUT2D eigenvalue weighted by Crippen LogP contribution is -2.44. The number of benzene rings is 1. The average molecular weight is 331 g/mol. The van der Waals surface area contributed by atoms with Crippen molar-refractivity contribution in [3.63, 3.8) is 0 Å². The van der Waals surface area contributed by atoms with Gasteiger partial charge in [0.05, 0.1) is 4.90 Å². The van der Waals surface area contributed by atoms with E-state index in [4.69, 9.17) is 0 Å². The number of aromatic nitrogens is 1. The van der Waals surface area contributed by atoms with Crippen molar-refractivity contribution in [3.05, 3.63) is 36.7 Å². The van der Waals surface area contributed by atoms with Crippen molar-refractivity contribution in [2.45, 2.75) is 30.2 Å². The zero-order valence-corrected chi connectivity index (χ0v) is 13.8. The molecule has 2 aromatic rings. The minimum atomic E-state index is -3.50. The van der Waals surface area contributed by atoms with Crippen LogP contribution in [-0.2, 0) is 10.0 Å². The number of sulfonamides is 1. The number of rotatable bonds is 3. The first-order valence-corrected chi connectivity index (χ1v) is 9.67. The third kappa shape index (κ3) is 2.75. The lowest BCUT2D eigenvalue weighted by atomic mass is 10.2. The monoisotopic (exact) mass is 331 g/mol. The summed E-state index contributed by atoms with van der Waals surface area (Å²) in [4.78, 5) is 4.51. The van der Waals surface area contributed by atoms with Crippen LogP contribution in [0.15, 0.2) is 41.6 Å². The average Bonchev–Trinajstić information content (AvgIpc) is 3.39. The van der Waals surface area contributed by atoms with Crippen molar-refractivity contribution in [2.24, 2.45) is 5.92 Å². The van der Waals surface area contributed by atoms with Gasteiger partial charge in [-0.3, -0.25) is 4.98 Å². The Labute approximate surface area is 136 Å². The normalized spacial score (nSPS) is 23.7. The molecule has 1 aliphatic carbocycles. The van der Waals surface area contributed by atoms with E-state index in [2.05, 4.69) is 10.3 Å². The molecule has 6 heteroatoms. The second-order valence-electron chi connectivity index (χ2n) is 6.43. The van der Waals surface area contributed by atoms with E-state index in [0.717, 1.165) is 43.1 Å². The number of nitrogens with one attached hydrogen (secondary N) is 1. The fourth-order valence-electron chi connectivity index (χ4n) is 3.50. The fourth-order valence-corrected chi connectivity index (χ4v) is 5.44. The predicted molar refractivity (Wildman–Crippen MR) is 89.6 cm³/mol. The second kappa shape index (κ2) is 5.85. The van der Waals surface area contributed by atoms with E-state index in [9.17, 15) is 8.42 Å². The Kier molecular flexibility index (Phi) is 3.83. The van der Waals surface area contributed by atoms with Gasteiger partial charge in [0.1, 0.15) is 0 Å². The van der Waals surface area contributed by atoms with Gasteiger partial charge in [0, 0.05) is 42.3 Å². The Balaban J connectivity index is 1.81. The smallest absolute Gasteiger partial charge is 0.243 e. The van der Waals surface area contributed by atoms with Gasteiger partial charge in [0.25, 0.3) is 0 Å². The third-order valence-corrected chi connectivity index (χ3v) is 6.83. The summed E-state index contributed by atoms with van der Waals surface area (Å²) >= 11 is 0. The van der Waals surface area contributed by atoms with Gasteiger partial charge in [-0.25, -0.2) is 8.42 Å². The summed E-state index contributed by atoms with van der Waals surface area (Å²) in [6.07, 6.45) is 6.50. The Morgan fingerprint density at radius 3 is 2.91 bits per heavy atom. The minimum absolute atomic E-state index is 0.0830. The molecule has 0 amide bonds. The van der Waals surface area contributed by atoms with Crippen LogP contribution in [0.5, 0.6) is 0 Å². The number of pyridine rings is 1. The maximum absolute atomic E-state index is 13.4. The predicted octanol–water partition coefficient (Wildman–Crippen LogP) is 2.00. The first-order valence-electron chi connectivity index (χ1n) is 8.23. The summed E-state index contributed by atoms with van der Waals surface area (Å²) in [5.74, 6) is 0.506. The SMILES string of the molecule is O=S(=O)(c1cccc2cnccc12)N1CCCNCC1C1CC1.